The molecule has 0 aromatic heterocycles. The van der Waals surface area contributed by atoms with E-state index >= 15 is 0 Å². The SMILES string of the molecule is C=C(C)C(=O)OC(F)(C(F)(F)C(F)(F)C(F)(F)C(F)(F)C(F)(F)C(F)(F)C(F)(F)C(F)(F)F)C(F)(C(F)(F)F)C(F)(F)F. The van der Waals surface area contributed by atoms with Crippen LogP contribution in [0.3, 0.4) is 0 Å². The minimum atomic E-state index is -9.69. The average Bonchev–Trinajstić information content (AvgIpc) is 2.74. The number of esters is 1. The van der Waals surface area contributed by atoms with E-state index in [2.05, 4.69) is 6.58 Å². The van der Waals surface area contributed by atoms with E-state index in [1.165, 1.54) is 0 Å². The highest BCUT2D eigenvalue weighted by molar-refractivity contribution is 5.87. The van der Waals surface area contributed by atoms with E-state index in [0.717, 1.165) is 0 Å². The fourth-order valence-corrected chi connectivity index (χ4v) is 2.46. The summed E-state index contributed by atoms with van der Waals surface area (Å²) in [5.41, 5.74) is -11.0. The van der Waals surface area contributed by atoms with Gasteiger partial charge in [-0.1, -0.05) is 6.58 Å². The maximum absolute atomic E-state index is 14.8. The van der Waals surface area contributed by atoms with Crippen LogP contribution in [0.5, 0.6) is 0 Å². The lowest BCUT2D eigenvalue weighted by molar-refractivity contribution is -0.495. The molecule has 0 saturated carbocycles. The number of hydrogen-bond donors (Lipinski definition) is 0. The minimum Gasteiger partial charge on any atom is -0.415 e. The molecule has 0 aromatic rings. The predicted molar refractivity (Wildman–Crippen MR) is 81.4 cm³/mol. The van der Waals surface area contributed by atoms with Crippen LogP contribution in [0.2, 0.25) is 0 Å². The first-order valence-electron chi connectivity index (χ1n) is 9.19. The number of alkyl halides is 25. The largest absolute Gasteiger partial charge is 0.460 e. The molecule has 0 aliphatic heterocycles. The topological polar surface area (TPSA) is 26.3 Å². The van der Waals surface area contributed by atoms with Gasteiger partial charge >= 0.3 is 77.5 Å². The predicted octanol–water partition coefficient (Wildman–Crippen LogP) is 8.61. The Morgan fingerprint density at radius 3 is 0.860 bits per heavy atom. The summed E-state index contributed by atoms with van der Waals surface area (Å²) in [6.07, 6.45) is -25.4. The first-order chi connectivity index (χ1) is 18.1. The summed E-state index contributed by atoms with van der Waals surface area (Å²) in [5.74, 6) is -78.3. The summed E-state index contributed by atoms with van der Waals surface area (Å²) < 4.78 is 335. The normalized spacial score (nSPS) is 17.4. The van der Waals surface area contributed by atoms with Gasteiger partial charge in [0.05, 0.1) is 0 Å². The van der Waals surface area contributed by atoms with Crippen LogP contribution >= 0.6 is 0 Å². The average molecular weight is 704 g/mol. The van der Waals surface area contributed by atoms with E-state index in [1.54, 1.807) is 0 Å². The number of hydrogen-bond acceptors (Lipinski definition) is 2. The van der Waals surface area contributed by atoms with E-state index in [9.17, 15) is 115 Å². The third-order valence-electron chi connectivity index (χ3n) is 4.93. The summed E-state index contributed by atoms with van der Waals surface area (Å²) >= 11 is 0. The van der Waals surface area contributed by atoms with Crippen molar-refractivity contribution >= 4 is 5.97 Å². The highest BCUT2D eigenvalue weighted by Crippen LogP contribution is 2.68. The maximum Gasteiger partial charge on any atom is 0.460 e. The fourth-order valence-electron chi connectivity index (χ4n) is 2.46. The van der Waals surface area contributed by atoms with Crippen LogP contribution in [0.25, 0.3) is 0 Å². The molecule has 0 aromatic carbocycles. The second-order valence-corrected chi connectivity index (χ2v) is 7.94. The van der Waals surface area contributed by atoms with Gasteiger partial charge in [-0.3, -0.25) is 0 Å². The molecular weight excluding hydrogens is 699 g/mol. The van der Waals surface area contributed by atoms with Crippen molar-refractivity contribution in [2.75, 3.05) is 0 Å². The molecule has 0 radical (unpaired) electrons. The standard InChI is InChI=1S/C16H5F25O2/c1-3(2)4(42)43-13(32,5(17,14(33,34)35)15(36,37)38)11(28,29)9(24,25)7(20,21)6(18,19)8(22,23)10(26,27)12(30,31)16(39,40)41/h1H2,2H3. The van der Waals surface area contributed by atoms with Gasteiger partial charge in [-0.2, -0.15) is 105 Å². The second-order valence-electron chi connectivity index (χ2n) is 7.94. The molecule has 0 N–H and O–H groups in total. The quantitative estimate of drug-likeness (QED) is 0.129. The number of rotatable bonds is 10. The lowest BCUT2D eigenvalue weighted by atomic mass is 9.81. The van der Waals surface area contributed by atoms with Gasteiger partial charge in [0.1, 0.15) is 0 Å². The molecule has 0 rings (SSSR count). The Kier molecular flexibility index (Phi) is 9.39. The smallest absolute Gasteiger partial charge is 0.415 e. The zero-order chi connectivity index (χ0) is 35.9. The van der Waals surface area contributed by atoms with Crippen LogP contribution in [0.15, 0.2) is 12.2 Å². The molecular formula is C16H5F25O2. The zero-order valence-corrected chi connectivity index (χ0v) is 19.0. The summed E-state index contributed by atoms with van der Waals surface area (Å²) in [4.78, 5) is 11.2. The molecule has 256 valence electrons. The molecule has 27 heteroatoms. The molecule has 0 bridgehead atoms. The molecule has 43 heavy (non-hydrogen) atoms. The monoisotopic (exact) mass is 704 g/mol. The second kappa shape index (κ2) is 9.98. The Labute approximate surface area is 217 Å². The third kappa shape index (κ3) is 4.98. The zero-order valence-electron chi connectivity index (χ0n) is 19.0. The van der Waals surface area contributed by atoms with Crippen LogP contribution in [-0.4, -0.2) is 77.5 Å². The molecule has 0 saturated heterocycles. The summed E-state index contributed by atoms with van der Waals surface area (Å²) in [7, 11) is 0. The Bertz CT molecular complexity index is 1060. The van der Waals surface area contributed by atoms with Gasteiger partial charge in [-0.05, 0) is 6.92 Å². The van der Waals surface area contributed by atoms with Gasteiger partial charge in [0.15, 0.2) is 0 Å². The van der Waals surface area contributed by atoms with Crippen LogP contribution in [-0.2, 0) is 9.53 Å². The molecule has 0 aliphatic carbocycles. The molecule has 0 amide bonds. The van der Waals surface area contributed by atoms with Gasteiger partial charge in [0.2, 0.25) is 0 Å². The van der Waals surface area contributed by atoms with Gasteiger partial charge in [0.25, 0.3) is 0 Å². The summed E-state index contributed by atoms with van der Waals surface area (Å²) in [6.45, 7) is 1.98. The van der Waals surface area contributed by atoms with Crippen molar-refractivity contribution in [2.24, 2.45) is 0 Å². The number of ether oxygens (including phenoxy) is 1. The lowest BCUT2D eigenvalue weighted by Gasteiger charge is -2.48. The van der Waals surface area contributed by atoms with Crippen molar-refractivity contribution < 1.29 is 119 Å². The van der Waals surface area contributed by atoms with Crippen LogP contribution in [0.4, 0.5) is 110 Å². The van der Waals surface area contributed by atoms with E-state index in [0.29, 0.717) is 0 Å². The molecule has 0 heterocycles. The molecule has 1 atom stereocenters. The number of carbonyl (C=O) groups excluding carboxylic acids is 1. The van der Waals surface area contributed by atoms with Crippen molar-refractivity contribution in [2.45, 2.75) is 78.4 Å². The number of carbonyl (C=O) groups is 1. The first-order valence-corrected chi connectivity index (χ1v) is 9.19. The molecule has 0 aliphatic rings. The molecule has 0 fully saturated rings. The molecule has 0 spiro atoms. The van der Waals surface area contributed by atoms with Crippen LogP contribution < -0.4 is 0 Å². The summed E-state index contributed by atoms with van der Waals surface area (Å²) in [6, 6.07) is 0. The lowest BCUT2D eigenvalue weighted by Crippen LogP contribution is -2.81. The molecule has 2 nitrogen and oxygen atoms in total. The van der Waals surface area contributed by atoms with Crippen molar-refractivity contribution in [3.05, 3.63) is 12.2 Å². The first kappa shape index (κ1) is 40.5. The third-order valence-corrected chi connectivity index (χ3v) is 4.93. The van der Waals surface area contributed by atoms with Crippen molar-refractivity contribution in [1.82, 2.24) is 0 Å². The van der Waals surface area contributed by atoms with E-state index in [4.69, 9.17) is 0 Å². The Hall–Kier alpha value is -2.54. The number of halogens is 25. The maximum atomic E-state index is 14.8. The Balaban J connectivity index is 7.99. The highest BCUT2D eigenvalue weighted by atomic mass is 19.4. The van der Waals surface area contributed by atoms with E-state index in [1.807, 2.05) is 4.74 Å². The van der Waals surface area contributed by atoms with Gasteiger partial charge in [-0.25, -0.2) is 9.18 Å². The van der Waals surface area contributed by atoms with Gasteiger partial charge in [0, 0.05) is 5.57 Å². The van der Waals surface area contributed by atoms with Gasteiger partial charge in [-0.15, -0.1) is 0 Å². The molecule has 1 unspecified atom stereocenters. The summed E-state index contributed by atoms with van der Waals surface area (Å²) in [5, 5.41) is 0. The van der Waals surface area contributed by atoms with Crippen LogP contribution in [0, 0.1) is 0 Å². The van der Waals surface area contributed by atoms with Crippen molar-refractivity contribution in [3.8, 4) is 0 Å². The van der Waals surface area contributed by atoms with Crippen molar-refractivity contribution in [1.29, 1.82) is 0 Å². The van der Waals surface area contributed by atoms with E-state index in [-0.39, 0.29) is 6.92 Å². The minimum absolute atomic E-state index is 0.133. The Morgan fingerprint density at radius 2 is 0.651 bits per heavy atom. The van der Waals surface area contributed by atoms with Crippen LogP contribution in [0.1, 0.15) is 6.92 Å². The fraction of sp³-hybridized carbons (Fsp3) is 0.812. The van der Waals surface area contributed by atoms with Crippen molar-refractivity contribution in [3.63, 3.8) is 0 Å². The van der Waals surface area contributed by atoms with Gasteiger partial charge < -0.3 is 4.74 Å². The Morgan fingerprint density at radius 1 is 0.419 bits per heavy atom. The highest BCUT2D eigenvalue weighted by Gasteiger charge is 3.01. The van der Waals surface area contributed by atoms with E-state index < -0.39 is 83.1 Å².